The fourth-order valence-electron chi connectivity index (χ4n) is 2.60. The third-order valence-corrected chi connectivity index (χ3v) is 3.43. The van der Waals surface area contributed by atoms with Crippen molar-refractivity contribution < 1.29 is 9.47 Å². The van der Waals surface area contributed by atoms with Crippen LogP contribution in [0.4, 0.5) is 0 Å². The minimum absolute atomic E-state index is 0.507. The standard InChI is InChI=1S/C15H23NO2/c1-3-16-14-9-8-13-12(14)6-4-7-15(13)18-11-5-10-17-2/h4,6-7,14,16H,3,5,8-11H2,1-2H3. The SMILES string of the molecule is CCNC1CCc2c(OCCCOC)cccc21. The van der Waals surface area contributed by atoms with Crippen LogP contribution in [0.15, 0.2) is 18.2 Å². The Hall–Kier alpha value is -1.06. The number of hydrogen-bond donors (Lipinski definition) is 1. The fraction of sp³-hybridized carbons (Fsp3) is 0.600. The molecule has 1 N–H and O–H groups in total. The monoisotopic (exact) mass is 249 g/mol. The van der Waals surface area contributed by atoms with E-state index in [1.165, 1.54) is 17.5 Å². The lowest BCUT2D eigenvalue weighted by Crippen LogP contribution is -2.18. The molecule has 1 unspecified atom stereocenters. The molecule has 1 aliphatic rings. The highest BCUT2D eigenvalue weighted by molar-refractivity contribution is 5.45. The lowest BCUT2D eigenvalue weighted by molar-refractivity contribution is 0.172. The van der Waals surface area contributed by atoms with Crippen LogP contribution in [0.2, 0.25) is 0 Å². The van der Waals surface area contributed by atoms with Crippen molar-refractivity contribution in [1.29, 1.82) is 0 Å². The summed E-state index contributed by atoms with van der Waals surface area (Å²) in [6.07, 6.45) is 3.24. The van der Waals surface area contributed by atoms with Crippen molar-refractivity contribution in [3.63, 3.8) is 0 Å². The van der Waals surface area contributed by atoms with Crippen LogP contribution in [0.5, 0.6) is 5.75 Å². The van der Waals surface area contributed by atoms with Crippen LogP contribution < -0.4 is 10.1 Å². The van der Waals surface area contributed by atoms with Gasteiger partial charge in [-0.1, -0.05) is 19.1 Å². The molecule has 0 amide bonds. The molecule has 0 fully saturated rings. The van der Waals surface area contributed by atoms with Gasteiger partial charge in [-0.15, -0.1) is 0 Å². The molecule has 0 saturated heterocycles. The number of benzene rings is 1. The second-order valence-electron chi connectivity index (χ2n) is 4.67. The maximum Gasteiger partial charge on any atom is 0.122 e. The van der Waals surface area contributed by atoms with Gasteiger partial charge in [0, 0.05) is 26.2 Å². The summed E-state index contributed by atoms with van der Waals surface area (Å²) in [5.74, 6) is 1.06. The molecule has 0 aliphatic heterocycles. The molecule has 1 aromatic rings. The summed E-state index contributed by atoms with van der Waals surface area (Å²) in [5.41, 5.74) is 2.81. The second-order valence-corrected chi connectivity index (χ2v) is 4.67. The van der Waals surface area contributed by atoms with Gasteiger partial charge in [-0.05, 0) is 36.6 Å². The normalized spacial score (nSPS) is 17.8. The first-order valence-corrected chi connectivity index (χ1v) is 6.83. The van der Waals surface area contributed by atoms with E-state index in [2.05, 4.69) is 30.4 Å². The van der Waals surface area contributed by atoms with E-state index >= 15 is 0 Å². The highest BCUT2D eigenvalue weighted by atomic mass is 16.5. The van der Waals surface area contributed by atoms with Crippen molar-refractivity contribution >= 4 is 0 Å². The molecule has 18 heavy (non-hydrogen) atoms. The molecule has 2 rings (SSSR count). The Morgan fingerprint density at radius 1 is 1.33 bits per heavy atom. The van der Waals surface area contributed by atoms with Gasteiger partial charge in [0.05, 0.1) is 6.61 Å². The van der Waals surface area contributed by atoms with Crippen molar-refractivity contribution in [2.75, 3.05) is 26.9 Å². The summed E-state index contributed by atoms with van der Waals surface area (Å²) in [5, 5.41) is 3.53. The van der Waals surface area contributed by atoms with Gasteiger partial charge in [0.2, 0.25) is 0 Å². The summed E-state index contributed by atoms with van der Waals surface area (Å²) >= 11 is 0. The van der Waals surface area contributed by atoms with E-state index in [1.807, 2.05) is 0 Å². The van der Waals surface area contributed by atoms with Gasteiger partial charge in [-0.25, -0.2) is 0 Å². The molecular formula is C15H23NO2. The van der Waals surface area contributed by atoms with Crippen LogP contribution in [0.3, 0.4) is 0 Å². The number of methoxy groups -OCH3 is 1. The Bertz CT molecular complexity index is 379. The van der Waals surface area contributed by atoms with Crippen molar-refractivity contribution in [3.8, 4) is 5.75 Å². The van der Waals surface area contributed by atoms with Crippen LogP contribution >= 0.6 is 0 Å². The van der Waals surface area contributed by atoms with E-state index in [0.29, 0.717) is 6.04 Å². The van der Waals surface area contributed by atoms with Crippen molar-refractivity contribution in [2.24, 2.45) is 0 Å². The predicted molar refractivity (Wildman–Crippen MR) is 73.2 cm³/mol. The van der Waals surface area contributed by atoms with Crippen molar-refractivity contribution in [3.05, 3.63) is 29.3 Å². The quantitative estimate of drug-likeness (QED) is 0.754. The third-order valence-electron chi connectivity index (χ3n) is 3.43. The van der Waals surface area contributed by atoms with Gasteiger partial charge >= 0.3 is 0 Å². The van der Waals surface area contributed by atoms with Crippen LogP contribution in [0, 0.1) is 0 Å². The van der Waals surface area contributed by atoms with E-state index in [0.717, 1.165) is 38.3 Å². The third kappa shape index (κ3) is 3.03. The van der Waals surface area contributed by atoms with Crippen LogP contribution in [0.1, 0.15) is 36.9 Å². The predicted octanol–water partition coefficient (Wildman–Crippen LogP) is 2.70. The maximum absolute atomic E-state index is 5.87. The first-order valence-electron chi connectivity index (χ1n) is 6.83. The zero-order valence-corrected chi connectivity index (χ0v) is 11.4. The van der Waals surface area contributed by atoms with Gasteiger partial charge in [-0.3, -0.25) is 0 Å². The number of hydrogen-bond acceptors (Lipinski definition) is 3. The van der Waals surface area contributed by atoms with Gasteiger partial charge in [-0.2, -0.15) is 0 Å². The lowest BCUT2D eigenvalue weighted by atomic mass is 10.1. The van der Waals surface area contributed by atoms with E-state index in [9.17, 15) is 0 Å². The zero-order valence-electron chi connectivity index (χ0n) is 11.4. The Kier molecular flexibility index (Phi) is 5.02. The average molecular weight is 249 g/mol. The maximum atomic E-state index is 5.87. The van der Waals surface area contributed by atoms with E-state index in [4.69, 9.17) is 9.47 Å². The Balaban J connectivity index is 2.00. The molecule has 1 aromatic carbocycles. The molecule has 0 bridgehead atoms. The second kappa shape index (κ2) is 6.76. The lowest BCUT2D eigenvalue weighted by Gasteiger charge is -2.14. The average Bonchev–Trinajstić information content (AvgIpc) is 2.79. The Morgan fingerprint density at radius 3 is 3.00 bits per heavy atom. The van der Waals surface area contributed by atoms with E-state index in [1.54, 1.807) is 7.11 Å². The first-order chi connectivity index (χ1) is 8.86. The molecule has 1 atom stereocenters. The largest absolute Gasteiger partial charge is 0.493 e. The number of fused-ring (bicyclic) bond motifs is 1. The number of ether oxygens (including phenoxy) is 2. The minimum atomic E-state index is 0.507. The Morgan fingerprint density at radius 2 is 2.22 bits per heavy atom. The summed E-state index contributed by atoms with van der Waals surface area (Å²) in [6, 6.07) is 6.91. The highest BCUT2D eigenvalue weighted by Crippen LogP contribution is 2.36. The zero-order chi connectivity index (χ0) is 12.8. The Labute approximate surface area is 109 Å². The van der Waals surface area contributed by atoms with Crippen molar-refractivity contribution in [1.82, 2.24) is 5.32 Å². The molecule has 0 radical (unpaired) electrons. The highest BCUT2D eigenvalue weighted by Gasteiger charge is 2.24. The van der Waals surface area contributed by atoms with Gasteiger partial charge in [0.1, 0.15) is 5.75 Å². The molecule has 0 aromatic heterocycles. The summed E-state index contributed by atoms with van der Waals surface area (Å²) in [6.45, 7) is 4.66. The van der Waals surface area contributed by atoms with E-state index < -0.39 is 0 Å². The van der Waals surface area contributed by atoms with Crippen molar-refractivity contribution in [2.45, 2.75) is 32.2 Å². The van der Waals surface area contributed by atoms with Crippen LogP contribution in [-0.2, 0) is 11.2 Å². The van der Waals surface area contributed by atoms with Gasteiger partial charge < -0.3 is 14.8 Å². The minimum Gasteiger partial charge on any atom is -0.493 e. The van der Waals surface area contributed by atoms with Gasteiger partial charge in [0.25, 0.3) is 0 Å². The number of nitrogens with one attached hydrogen (secondary N) is 1. The van der Waals surface area contributed by atoms with E-state index in [-0.39, 0.29) is 0 Å². The summed E-state index contributed by atoms with van der Waals surface area (Å²) in [7, 11) is 1.72. The summed E-state index contributed by atoms with van der Waals surface area (Å²) in [4.78, 5) is 0. The van der Waals surface area contributed by atoms with Crippen LogP contribution in [0.25, 0.3) is 0 Å². The first kappa shape index (κ1) is 13.4. The molecule has 0 spiro atoms. The summed E-state index contributed by atoms with van der Waals surface area (Å²) < 4.78 is 10.9. The molecule has 0 saturated carbocycles. The number of rotatable bonds is 7. The molecular weight excluding hydrogens is 226 g/mol. The molecule has 1 aliphatic carbocycles. The van der Waals surface area contributed by atoms with Gasteiger partial charge in [0.15, 0.2) is 0 Å². The molecule has 3 heteroatoms. The topological polar surface area (TPSA) is 30.5 Å². The molecule has 3 nitrogen and oxygen atoms in total. The smallest absolute Gasteiger partial charge is 0.122 e. The molecule has 100 valence electrons. The fourth-order valence-corrected chi connectivity index (χ4v) is 2.60. The van der Waals surface area contributed by atoms with Crippen LogP contribution in [-0.4, -0.2) is 26.9 Å². The molecule has 0 heterocycles.